The number of nitrogens with zero attached hydrogens (tertiary/aromatic N) is 1. The van der Waals surface area contributed by atoms with Gasteiger partial charge >= 0.3 is 0 Å². The van der Waals surface area contributed by atoms with E-state index >= 15 is 0 Å². The van der Waals surface area contributed by atoms with Gasteiger partial charge in [-0.2, -0.15) is 0 Å². The van der Waals surface area contributed by atoms with Gasteiger partial charge in [-0.05, 0) is 52.1 Å². The van der Waals surface area contributed by atoms with E-state index in [1.165, 1.54) is 27.8 Å². The van der Waals surface area contributed by atoms with Gasteiger partial charge in [0.1, 0.15) is 0 Å². The Morgan fingerprint density at radius 1 is 0.424 bits per heavy atom. The van der Waals surface area contributed by atoms with Gasteiger partial charge in [0.05, 0.1) is 5.70 Å². The fraction of sp³-hybridized carbons (Fsp3) is 0. The first-order valence-corrected chi connectivity index (χ1v) is 10.5. The van der Waals surface area contributed by atoms with Crippen molar-refractivity contribution in [2.24, 2.45) is 0 Å². The fourth-order valence-corrected chi connectivity index (χ4v) is 3.89. The molecule has 0 atom stereocenters. The predicted molar refractivity (Wildman–Crippen MR) is 140 cm³/mol. The quantitative estimate of drug-likeness (QED) is 0.305. The summed E-state index contributed by atoms with van der Waals surface area (Å²) >= 11 is 0. The van der Waals surface area contributed by atoms with Crippen LogP contribution < -0.4 is 4.90 Å². The Labute approximate surface area is 197 Å². The molecule has 0 bridgehead atoms. The lowest BCUT2D eigenvalue weighted by Crippen LogP contribution is -2.14. The smallest absolute Gasteiger partial charge is 0.0534 e. The van der Waals surface area contributed by atoms with Crippen molar-refractivity contribution in [1.82, 2.24) is 0 Å². The normalized spacial score (nSPS) is 12.8. The zero-order valence-corrected chi connectivity index (χ0v) is 18.2. The van der Waals surface area contributed by atoms with E-state index in [0.29, 0.717) is 0 Å². The van der Waals surface area contributed by atoms with Crippen LogP contribution in [-0.4, -0.2) is 8.41 Å². The van der Waals surface area contributed by atoms with Gasteiger partial charge in [-0.1, -0.05) is 109 Å². The molecule has 0 saturated heterocycles. The van der Waals surface area contributed by atoms with Gasteiger partial charge < -0.3 is 4.90 Å². The Hall–Kier alpha value is -4.11. The molecule has 4 aromatic rings. The van der Waals surface area contributed by atoms with Gasteiger partial charge in [0, 0.05) is 20.3 Å². The third kappa shape index (κ3) is 5.21. The zero-order chi connectivity index (χ0) is 20.9. The van der Waals surface area contributed by atoms with Crippen LogP contribution in [0, 0.1) is 0 Å². The molecule has 1 aliphatic heterocycles. The van der Waals surface area contributed by atoms with Crippen molar-refractivity contribution in [3.05, 3.63) is 156 Å². The molecule has 3 radical (unpaired) electrons. The van der Waals surface area contributed by atoms with Crippen molar-refractivity contribution in [3.63, 3.8) is 0 Å². The van der Waals surface area contributed by atoms with Gasteiger partial charge in [0.15, 0.2) is 0 Å². The van der Waals surface area contributed by atoms with Crippen LogP contribution in [0.5, 0.6) is 0 Å². The van der Waals surface area contributed by atoms with Gasteiger partial charge in [-0.25, -0.2) is 0 Å². The third-order valence-electron chi connectivity index (χ3n) is 5.45. The summed E-state index contributed by atoms with van der Waals surface area (Å²) in [6.45, 7) is 0. The van der Waals surface area contributed by atoms with E-state index < -0.39 is 0 Å². The number of halogens is 1. The minimum atomic E-state index is 0. The summed E-state index contributed by atoms with van der Waals surface area (Å²) in [6.07, 6.45) is 6.83. The first kappa shape index (κ1) is 23.6. The lowest BCUT2D eigenvalue weighted by Gasteiger charge is -2.24. The molecule has 0 aliphatic carbocycles. The Bertz CT molecular complexity index is 1250. The highest BCUT2D eigenvalue weighted by atomic mass is 19.0. The molecule has 4 aromatic carbocycles. The van der Waals surface area contributed by atoms with Gasteiger partial charge in [0.25, 0.3) is 0 Å². The van der Waals surface area contributed by atoms with Crippen molar-refractivity contribution >= 4 is 30.9 Å². The van der Waals surface area contributed by atoms with Gasteiger partial charge in [0.2, 0.25) is 0 Å². The molecule has 5 rings (SSSR count). The molecule has 33 heavy (non-hydrogen) atoms. The molecule has 1 heterocycles. The Morgan fingerprint density at radius 2 is 0.848 bits per heavy atom. The van der Waals surface area contributed by atoms with Crippen molar-refractivity contribution in [2.45, 2.75) is 0 Å². The average Bonchev–Trinajstić information content (AvgIpc) is 3.07. The Kier molecular flexibility index (Phi) is 7.83. The molecule has 1 aliphatic rings. The van der Waals surface area contributed by atoms with Crippen LogP contribution in [0.25, 0.3) is 16.8 Å². The number of hydrogen-bond acceptors (Lipinski definition) is 1. The molecule has 0 amide bonds. The number of anilines is 1. The fourth-order valence-electron chi connectivity index (χ4n) is 3.89. The third-order valence-corrected chi connectivity index (χ3v) is 5.45. The van der Waals surface area contributed by atoms with Crippen LogP contribution in [-0.2, 0) is 0 Å². The first-order valence-electron chi connectivity index (χ1n) is 10.5. The van der Waals surface area contributed by atoms with Crippen LogP contribution in [0.2, 0.25) is 0 Å². The molecule has 0 aromatic heterocycles. The van der Waals surface area contributed by atoms with E-state index in [1.54, 1.807) is 0 Å². The van der Waals surface area contributed by atoms with Crippen molar-refractivity contribution in [1.29, 1.82) is 0 Å². The second-order valence-corrected chi connectivity index (χ2v) is 7.52. The highest BCUT2D eigenvalue weighted by Gasteiger charge is 2.18. The maximum atomic E-state index is 2.30. The van der Waals surface area contributed by atoms with Gasteiger partial charge in [-0.3, -0.25) is 4.70 Å². The largest absolute Gasteiger partial charge is 0.316 e. The molecule has 0 unspecified atom stereocenters. The summed E-state index contributed by atoms with van der Waals surface area (Å²) in [4.78, 5) is 2.30. The van der Waals surface area contributed by atoms with E-state index in [9.17, 15) is 0 Å². The lowest BCUT2D eigenvalue weighted by atomic mass is 9.99. The summed E-state index contributed by atoms with van der Waals surface area (Å²) in [7, 11) is 0. The van der Waals surface area contributed by atoms with Crippen molar-refractivity contribution in [2.75, 3.05) is 4.90 Å². The highest BCUT2D eigenvalue weighted by molar-refractivity contribution is 5.99. The maximum absolute atomic E-state index is 2.30. The van der Waals surface area contributed by atoms with Crippen LogP contribution >= 0.6 is 0 Å². The summed E-state index contributed by atoms with van der Waals surface area (Å²) in [5.41, 5.74) is 8.21. The minimum absolute atomic E-state index is 0. The Morgan fingerprint density at radius 3 is 1.36 bits per heavy atom. The number of para-hydroxylation sites is 1. The number of hydrogen-bond donors (Lipinski definition) is 0. The lowest BCUT2D eigenvalue weighted by molar-refractivity contribution is 1.11. The molecule has 0 N–H and O–H groups in total. The molecule has 159 valence electrons. The molecule has 0 saturated carbocycles. The van der Waals surface area contributed by atoms with E-state index in [0.717, 1.165) is 11.4 Å². The zero-order valence-electron chi connectivity index (χ0n) is 18.2. The van der Waals surface area contributed by atoms with Crippen LogP contribution in [0.1, 0.15) is 16.7 Å². The topological polar surface area (TPSA) is 3.24 Å². The second kappa shape index (κ2) is 11.0. The Balaban J connectivity index is 0.00000153. The monoisotopic (exact) mass is 428 g/mol. The molecule has 3 heteroatoms. The summed E-state index contributed by atoms with van der Waals surface area (Å²) in [6, 6.07) is 42.3. The SMILES string of the molecule is C1=C(c2ccccc2)C=C(c2ccccc2)N(c2ccccc2)C=C1c1ccccc1.F.[B]. The number of rotatable bonds is 4. The van der Waals surface area contributed by atoms with E-state index in [-0.39, 0.29) is 13.1 Å². The molecular weight excluding hydrogens is 404 g/mol. The highest BCUT2D eigenvalue weighted by Crippen LogP contribution is 2.36. The standard InChI is InChI=1S/C30H23N.B.FH/c1-5-13-24(14-6-1)27-21-28(25-15-7-2-8-16-25)23-31(29-19-11-4-12-20-29)30(22-27)26-17-9-3-10-18-26;;/h1-23H;;1H. The first-order chi connectivity index (χ1) is 15.4. The molecule has 0 spiro atoms. The van der Waals surface area contributed by atoms with Gasteiger partial charge in [-0.15, -0.1) is 0 Å². The molecule has 1 nitrogen and oxygen atoms in total. The van der Waals surface area contributed by atoms with Crippen molar-refractivity contribution in [3.8, 4) is 0 Å². The van der Waals surface area contributed by atoms with E-state index in [1.807, 2.05) is 0 Å². The maximum Gasteiger partial charge on any atom is 0.0534 e. The predicted octanol–water partition coefficient (Wildman–Crippen LogP) is 7.44. The van der Waals surface area contributed by atoms with Crippen LogP contribution in [0.15, 0.2) is 140 Å². The summed E-state index contributed by atoms with van der Waals surface area (Å²) in [5, 5.41) is 0. The second-order valence-electron chi connectivity index (χ2n) is 7.52. The number of benzene rings is 4. The average molecular weight is 428 g/mol. The van der Waals surface area contributed by atoms with E-state index in [4.69, 9.17) is 0 Å². The summed E-state index contributed by atoms with van der Waals surface area (Å²) in [5.74, 6) is 0. The van der Waals surface area contributed by atoms with E-state index in [2.05, 4.69) is 145 Å². The van der Waals surface area contributed by atoms with Crippen LogP contribution in [0.3, 0.4) is 0 Å². The molecular formula is C30H24BFN. The summed E-state index contributed by atoms with van der Waals surface area (Å²) < 4.78 is 0. The molecule has 0 fully saturated rings. The van der Waals surface area contributed by atoms with Crippen molar-refractivity contribution < 1.29 is 4.70 Å². The number of allylic oxidation sites excluding steroid dienone is 4. The van der Waals surface area contributed by atoms with Crippen LogP contribution in [0.4, 0.5) is 10.4 Å². The minimum Gasteiger partial charge on any atom is -0.316 e.